The zero-order chi connectivity index (χ0) is 19.5. The first-order chi connectivity index (χ1) is 13.7. The number of hydrogen-bond acceptors (Lipinski definition) is 4. The Morgan fingerprint density at radius 2 is 1.76 bits per heavy atom. The normalized spacial score (nSPS) is 27.9. The Morgan fingerprint density at radius 3 is 2.38 bits per heavy atom. The molecule has 6 nitrogen and oxygen atoms in total. The second-order valence-corrected chi connectivity index (χ2v) is 9.54. The van der Waals surface area contributed by atoms with Gasteiger partial charge in [-0.25, -0.2) is 0 Å². The maximum atomic E-state index is 5.61. The topological polar surface area (TPSA) is 49.3 Å². The minimum atomic E-state index is 0. The highest BCUT2D eigenvalue weighted by Gasteiger charge is 2.43. The van der Waals surface area contributed by atoms with Crippen LogP contribution in [0.2, 0.25) is 0 Å². The van der Waals surface area contributed by atoms with Gasteiger partial charge in [0, 0.05) is 65.6 Å². The number of nitrogens with zero attached hydrogens (tertiary/aromatic N) is 3. The number of aliphatic imine (C=N–C) groups is 1. The maximum absolute atomic E-state index is 5.61. The fourth-order valence-electron chi connectivity index (χ4n) is 6.11. The van der Waals surface area contributed by atoms with Crippen molar-refractivity contribution in [1.29, 1.82) is 0 Å². The van der Waals surface area contributed by atoms with E-state index < -0.39 is 0 Å². The minimum Gasteiger partial charge on any atom is -0.381 e. The summed E-state index contributed by atoms with van der Waals surface area (Å²) in [6, 6.07) is 0. The third-order valence-electron chi connectivity index (χ3n) is 8.06. The van der Waals surface area contributed by atoms with Gasteiger partial charge in [-0.05, 0) is 50.4 Å². The lowest BCUT2D eigenvalue weighted by Gasteiger charge is -2.45. The van der Waals surface area contributed by atoms with Gasteiger partial charge in [-0.15, -0.1) is 24.0 Å². The predicted molar refractivity (Wildman–Crippen MR) is 128 cm³/mol. The maximum Gasteiger partial charge on any atom is 0.193 e. The molecule has 0 aromatic rings. The van der Waals surface area contributed by atoms with E-state index in [9.17, 15) is 0 Å². The van der Waals surface area contributed by atoms with Crippen LogP contribution < -0.4 is 5.32 Å². The Morgan fingerprint density at radius 1 is 1.07 bits per heavy atom. The van der Waals surface area contributed by atoms with E-state index in [1.807, 2.05) is 14.2 Å². The van der Waals surface area contributed by atoms with E-state index in [1.54, 1.807) is 0 Å². The van der Waals surface area contributed by atoms with Crippen molar-refractivity contribution in [1.82, 2.24) is 15.1 Å². The fourth-order valence-corrected chi connectivity index (χ4v) is 6.11. The number of ether oxygens (including phenoxy) is 2. The second kappa shape index (κ2) is 10.5. The first-order valence-corrected chi connectivity index (χ1v) is 11.5. The first kappa shape index (κ1) is 23.5. The highest BCUT2D eigenvalue weighted by molar-refractivity contribution is 14.0. The van der Waals surface area contributed by atoms with E-state index >= 15 is 0 Å². The molecule has 1 spiro atoms. The van der Waals surface area contributed by atoms with Crippen molar-refractivity contribution in [3.05, 3.63) is 0 Å². The molecule has 0 bridgehead atoms. The smallest absolute Gasteiger partial charge is 0.193 e. The molecule has 3 aliphatic heterocycles. The van der Waals surface area contributed by atoms with Gasteiger partial charge in [-0.3, -0.25) is 9.89 Å². The summed E-state index contributed by atoms with van der Waals surface area (Å²) in [4.78, 5) is 9.94. The highest BCUT2D eigenvalue weighted by Crippen LogP contribution is 2.40. The summed E-state index contributed by atoms with van der Waals surface area (Å²) < 4.78 is 11.2. The van der Waals surface area contributed by atoms with Gasteiger partial charge in [0.1, 0.15) is 0 Å². The van der Waals surface area contributed by atoms with Crippen molar-refractivity contribution in [2.45, 2.75) is 69.4 Å². The van der Waals surface area contributed by atoms with Crippen molar-refractivity contribution >= 4 is 29.9 Å². The number of guanidine groups is 1. The van der Waals surface area contributed by atoms with Gasteiger partial charge in [0.15, 0.2) is 5.96 Å². The summed E-state index contributed by atoms with van der Waals surface area (Å²) in [5, 5.41) is 3.81. The van der Waals surface area contributed by atoms with Crippen LogP contribution >= 0.6 is 24.0 Å². The Balaban J connectivity index is 0.00000240. The Kier molecular flexibility index (Phi) is 8.49. The van der Waals surface area contributed by atoms with Crippen molar-refractivity contribution in [2.24, 2.45) is 10.4 Å². The molecule has 0 aromatic heterocycles. The average molecular weight is 521 g/mol. The molecular weight excluding hydrogens is 479 g/mol. The molecule has 4 rings (SSSR count). The van der Waals surface area contributed by atoms with Crippen LogP contribution in [0.3, 0.4) is 0 Å². The van der Waals surface area contributed by atoms with Gasteiger partial charge in [0.25, 0.3) is 0 Å². The van der Waals surface area contributed by atoms with Gasteiger partial charge in [-0.2, -0.15) is 0 Å². The standard InChI is InChI=1S/C22H40N4O2.HI/c1-23-20(25-14-9-21(18-25)10-15-28-16-11-21)24-17-22(7-3-4-8-22)26-12-5-19(27-2)6-13-26;/h19H,3-18H2,1-2H3,(H,23,24);1H. The lowest BCUT2D eigenvalue weighted by molar-refractivity contribution is -0.00183. The average Bonchev–Trinajstić information content (AvgIpc) is 3.38. The van der Waals surface area contributed by atoms with E-state index in [4.69, 9.17) is 9.47 Å². The fraction of sp³-hybridized carbons (Fsp3) is 0.955. The lowest BCUT2D eigenvalue weighted by atomic mass is 9.80. The largest absolute Gasteiger partial charge is 0.381 e. The molecule has 1 N–H and O–H groups in total. The second-order valence-electron chi connectivity index (χ2n) is 9.54. The summed E-state index contributed by atoms with van der Waals surface area (Å²) in [7, 11) is 3.81. The van der Waals surface area contributed by atoms with Gasteiger partial charge < -0.3 is 19.7 Å². The third-order valence-corrected chi connectivity index (χ3v) is 8.06. The van der Waals surface area contributed by atoms with Crippen molar-refractivity contribution in [3.63, 3.8) is 0 Å². The Labute approximate surface area is 194 Å². The molecule has 0 radical (unpaired) electrons. The molecule has 0 atom stereocenters. The van der Waals surface area contributed by atoms with Gasteiger partial charge in [-0.1, -0.05) is 12.8 Å². The molecule has 4 fully saturated rings. The zero-order valence-electron chi connectivity index (χ0n) is 18.5. The number of methoxy groups -OCH3 is 1. The molecule has 1 saturated carbocycles. The molecule has 0 aromatic carbocycles. The summed E-state index contributed by atoms with van der Waals surface area (Å²) in [6.07, 6.45) is 11.8. The van der Waals surface area contributed by atoms with Crippen LogP contribution in [0.15, 0.2) is 4.99 Å². The SMILES string of the molecule is CN=C(NCC1(N2CCC(OC)CC2)CCCC1)N1CCC2(CCOCC2)C1.I. The number of piperidine rings is 1. The summed E-state index contributed by atoms with van der Waals surface area (Å²) in [5.74, 6) is 1.11. The summed E-state index contributed by atoms with van der Waals surface area (Å²) in [5.41, 5.74) is 0.772. The molecule has 7 heteroatoms. The van der Waals surface area contributed by atoms with Crippen LogP contribution in [0.1, 0.15) is 57.8 Å². The zero-order valence-corrected chi connectivity index (χ0v) is 20.8. The van der Waals surface area contributed by atoms with Crippen LogP contribution in [0.25, 0.3) is 0 Å². The molecule has 0 unspecified atom stereocenters. The predicted octanol–water partition coefficient (Wildman–Crippen LogP) is 3.11. The molecule has 3 saturated heterocycles. The van der Waals surface area contributed by atoms with Crippen LogP contribution in [0.5, 0.6) is 0 Å². The number of hydrogen-bond donors (Lipinski definition) is 1. The number of halogens is 1. The van der Waals surface area contributed by atoms with Crippen molar-refractivity contribution < 1.29 is 9.47 Å². The first-order valence-electron chi connectivity index (χ1n) is 11.5. The minimum absolute atomic E-state index is 0. The molecule has 168 valence electrons. The molecule has 3 heterocycles. The molecule has 1 aliphatic carbocycles. The van der Waals surface area contributed by atoms with E-state index in [2.05, 4.69) is 20.1 Å². The molecular formula is C22H41IN4O2. The molecule has 29 heavy (non-hydrogen) atoms. The molecule has 0 amide bonds. The van der Waals surface area contributed by atoms with E-state index in [0.29, 0.717) is 17.1 Å². The van der Waals surface area contributed by atoms with Gasteiger partial charge in [0.05, 0.1) is 6.10 Å². The number of nitrogens with one attached hydrogen (secondary N) is 1. The van der Waals surface area contributed by atoms with Crippen molar-refractivity contribution in [3.8, 4) is 0 Å². The van der Waals surface area contributed by atoms with Crippen LogP contribution in [-0.2, 0) is 9.47 Å². The lowest BCUT2D eigenvalue weighted by Crippen LogP contribution is -2.58. The number of likely N-dealkylation sites (tertiary alicyclic amines) is 2. The Bertz CT molecular complexity index is 539. The Hall–Kier alpha value is -0.120. The van der Waals surface area contributed by atoms with Crippen LogP contribution in [0, 0.1) is 5.41 Å². The van der Waals surface area contributed by atoms with Gasteiger partial charge in [0.2, 0.25) is 0 Å². The summed E-state index contributed by atoms with van der Waals surface area (Å²) >= 11 is 0. The molecule has 4 aliphatic rings. The highest BCUT2D eigenvalue weighted by atomic mass is 127. The van der Waals surface area contributed by atoms with Crippen molar-refractivity contribution in [2.75, 3.05) is 60.1 Å². The third kappa shape index (κ3) is 5.21. The number of rotatable bonds is 4. The quantitative estimate of drug-likeness (QED) is 0.351. The van der Waals surface area contributed by atoms with E-state index in [-0.39, 0.29) is 24.0 Å². The monoisotopic (exact) mass is 520 g/mol. The van der Waals surface area contributed by atoms with Crippen LogP contribution in [0.4, 0.5) is 0 Å². The van der Waals surface area contributed by atoms with Crippen LogP contribution in [-0.4, -0.2) is 87.5 Å². The van der Waals surface area contributed by atoms with E-state index in [0.717, 1.165) is 38.8 Å². The van der Waals surface area contributed by atoms with E-state index in [1.165, 1.54) is 70.9 Å². The van der Waals surface area contributed by atoms with Gasteiger partial charge >= 0.3 is 0 Å². The summed E-state index contributed by atoms with van der Waals surface area (Å²) in [6.45, 7) is 7.51.